The largest absolute Gasteiger partial charge is 0.385 e. The quantitative estimate of drug-likeness (QED) is 0.821. The van der Waals surface area contributed by atoms with Crippen LogP contribution in [0.3, 0.4) is 0 Å². The van der Waals surface area contributed by atoms with E-state index in [0.717, 1.165) is 51.3 Å². The zero-order valence-electron chi connectivity index (χ0n) is 12.8. The van der Waals surface area contributed by atoms with Crippen LogP contribution in [0.2, 0.25) is 0 Å². The first-order valence-corrected chi connectivity index (χ1v) is 7.43. The fourth-order valence-electron chi connectivity index (χ4n) is 2.76. The highest BCUT2D eigenvalue weighted by Crippen LogP contribution is 2.30. The minimum Gasteiger partial charge on any atom is -0.385 e. The Balaban J connectivity index is 2.21. The highest BCUT2D eigenvalue weighted by atomic mass is 16.5. The summed E-state index contributed by atoms with van der Waals surface area (Å²) in [6.45, 7) is 5.36. The van der Waals surface area contributed by atoms with Crippen LogP contribution >= 0.6 is 0 Å². The van der Waals surface area contributed by atoms with Crippen molar-refractivity contribution < 1.29 is 9.47 Å². The smallest absolute Gasteiger partial charge is 0.0999 e. The van der Waals surface area contributed by atoms with Crippen molar-refractivity contribution in [1.82, 2.24) is 20.3 Å². The molecule has 0 aromatic carbocycles. The third-order valence-corrected chi connectivity index (χ3v) is 3.91. The maximum atomic E-state index is 5.48. The van der Waals surface area contributed by atoms with Gasteiger partial charge in [-0.3, -0.25) is 0 Å². The molecule has 1 aromatic heterocycles. The van der Waals surface area contributed by atoms with Crippen molar-refractivity contribution in [3.8, 4) is 0 Å². The van der Waals surface area contributed by atoms with Crippen LogP contribution in [0.5, 0.6) is 0 Å². The summed E-state index contributed by atoms with van der Waals surface area (Å²) in [5.41, 5.74) is 2.36. The lowest BCUT2D eigenvalue weighted by molar-refractivity contribution is 0.0825. The van der Waals surface area contributed by atoms with Gasteiger partial charge in [-0.2, -0.15) is 0 Å². The van der Waals surface area contributed by atoms with E-state index in [9.17, 15) is 0 Å². The molecule has 1 aliphatic heterocycles. The number of methoxy groups -OCH3 is 1. The second kappa shape index (κ2) is 7.71. The summed E-state index contributed by atoms with van der Waals surface area (Å²) in [6, 6.07) is 0.311. The summed E-state index contributed by atoms with van der Waals surface area (Å²) < 4.78 is 12.8. The molecule has 0 aliphatic carbocycles. The van der Waals surface area contributed by atoms with Gasteiger partial charge in [0.05, 0.1) is 17.4 Å². The van der Waals surface area contributed by atoms with Gasteiger partial charge >= 0.3 is 0 Å². The van der Waals surface area contributed by atoms with E-state index in [2.05, 4.69) is 27.2 Å². The zero-order chi connectivity index (χ0) is 14.4. The Morgan fingerprint density at radius 1 is 1.45 bits per heavy atom. The topological polar surface area (TPSA) is 61.2 Å². The van der Waals surface area contributed by atoms with Crippen molar-refractivity contribution in [3.05, 3.63) is 11.4 Å². The summed E-state index contributed by atoms with van der Waals surface area (Å²) in [7, 11) is 3.68. The third kappa shape index (κ3) is 3.56. The minimum atomic E-state index is 0.311. The van der Waals surface area contributed by atoms with Gasteiger partial charge in [-0.05, 0) is 33.2 Å². The van der Waals surface area contributed by atoms with Crippen LogP contribution in [0.4, 0.5) is 0 Å². The SMILES string of the molecule is CNCc1nnn(C(C)CCOC)c1C1CCOCC1. The van der Waals surface area contributed by atoms with E-state index in [0.29, 0.717) is 12.0 Å². The first-order chi connectivity index (χ1) is 9.77. The van der Waals surface area contributed by atoms with Crippen molar-refractivity contribution in [3.63, 3.8) is 0 Å². The van der Waals surface area contributed by atoms with Crippen LogP contribution in [0.25, 0.3) is 0 Å². The van der Waals surface area contributed by atoms with Crippen LogP contribution in [0, 0.1) is 0 Å². The number of hydrogen-bond acceptors (Lipinski definition) is 5. The molecule has 0 spiro atoms. The van der Waals surface area contributed by atoms with Gasteiger partial charge < -0.3 is 14.8 Å². The maximum Gasteiger partial charge on any atom is 0.0999 e. The van der Waals surface area contributed by atoms with Crippen molar-refractivity contribution in [2.75, 3.05) is 34.0 Å². The molecule has 1 unspecified atom stereocenters. The fraction of sp³-hybridized carbons (Fsp3) is 0.857. The number of nitrogens with one attached hydrogen (secondary N) is 1. The Bertz CT molecular complexity index is 402. The van der Waals surface area contributed by atoms with E-state index in [1.54, 1.807) is 7.11 Å². The summed E-state index contributed by atoms with van der Waals surface area (Å²) in [4.78, 5) is 0. The number of hydrogen-bond donors (Lipinski definition) is 1. The Labute approximate surface area is 120 Å². The predicted molar refractivity (Wildman–Crippen MR) is 76.8 cm³/mol. The molecule has 2 rings (SSSR count). The molecule has 6 nitrogen and oxygen atoms in total. The average molecular weight is 282 g/mol. The van der Waals surface area contributed by atoms with E-state index in [1.165, 1.54) is 5.69 Å². The Morgan fingerprint density at radius 2 is 2.20 bits per heavy atom. The summed E-state index contributed by atoms with van der Waals surface area (Å²) in [5, 5.41) is 12.0. The van der Waals surface area contributed by atoms with Gasteiger partial charge in [-0.1, -0.05) is 5.21 Å². The Kier molecular flexibility index (Phi) is 5.94. The fourth-order valence-corrected chi connectivity index (χ4v) is 2.76. The van der Waals surface area contributed by atoms with Gasteiger partial charge in [0.15, 0.2) is 0 Å². The summed E-state index contributed by atoms with van der Waals surface area (Å²) >= 11 is 0. The summed E-state index contributed by atoms with van der Waals surface area (Å²) in [5.74, 6) is 0.507. The van der Waals surface area contributed by atoms with Crippen molar-refractivity contribution in [1.29, 1.82) is 0 Å². The highest BCUT2D eigenvalue weighted by molar-refractivity contribution is 5.17. The molecule has 1 saturated heterocycles. The number of nitrogens with zero attached hydrogens (tertiary/aromatic N) is 3. The van der Waals surface area contributed by atoms with Crippen molar-refractivity contribution >= 4 is 0 Å². The molecule has 0 bridgehead atoms. The molecular formula is C14H26N4O2. The van der Waals surface area contributed by atoms with Crippen molar-refractivity contribution in [2.45, 2.75) is 44.7 Å². The van der Waals surface area contributed by atoms with E-state index < -0.39 is 0 Å². The van der Waals surface area contributed by atoms with Gasteiger partial charge in [-0.25, -0.2) is 4.68 Å². The van der Waals surface area contributed by atoms with Gasteiger partial charge in [0.1, 0.15) is 0 Å². The van der Waals surface area contributed by atoms with Crippen LogP contribution in [0.15, 0.2) is 0 Å². The highest BCUT2D eigenvalue weighted by Gasteiger charge is 2.26. The normalized spacial score (nSPS) is 18.4. The molecule has 20 heavy (non-hydrogen) atoms. The van der Waals surface area contributed by atoms with E-state index in [-0.39, 0.29) is 0 Å². The monoisotopic (exact) mass is 282 g/mol. The van der Waals surface area contributed by atoms with E-state index in [4.69, 9.17) is 9.47 Å². The van der Waals surface area contributed by atoms with Crippen LogP contribution in [-0.4, -0.2) is 49.0 Å². The van der Waals surface area contributed by atoms with E-state index >= 15 is 0 Å². The standard InChI is InChI=1S/C14H26N4O2/c1-11(4-7-19-3)18-14(12-5-8-20-9-6-12)13(10-15-2)16-17-18/h11-12,15H,4-10H2,1-3H3. The van der Waals surface area contributed by atoms with Gasteiger partial charge in [0, 0.05) is 39.4 Å². The second-order valence-electron chi connectivity index (χ2n) is 5.41. The number of aromatic nitrogens is 3. The van der Waals surface area contributed by atoms with Gasteiger partial charge in [0.25, 0.3) is 0 Å². The van der Waals surface area contributed by atoms with Crippen molar-refractivity contribution in [2.24, 2.45) is 0 Å². The molecule has 2 heterocycles. The second-order valence-corrected chi connectivity index (χ2v) is 5.41. The van der Waals surface area contributed by atoms with Gasteiger partial charge in [0.2, 0.25) is 0 Å². The van der Waals surface area contributed by atoms with Crippen LogP contribution in [0.1, 0.15) is 49.5 Å². The first-order valence-electron chi connectivity index (χ1n) is 7.43. The molecule has 1 fully saturated rings. The molecule has 0 saturated carbocycles. The minimum absolute atomic E-state index is 0.311. The number of ether oxygens (including phenoxy) is 2. The number of rotatable bonds is 7. The third-order valence-electron chi connectivity index (χ3n) is 3.91. The molecule has 1 N–H and O–H groups in total. The maximum absolute atomic E-state index is 5.48. The van der Waals surface area contributed by atoms with Crippen LogP contribution < -0.4 is 5.32 Å². The summed E-state index contributed by atoms with van der Waals surface area (Å²) in [6.07, 6.45) is 3.07. The first kappa shape index (κ1) is 15.4. The average Bonchev–Trinajstić information content (AvgIpc) is 2.90. The lowest BCUT2D eigenvalue weighted by atomic mass is 9.94. The van der Waals surface area contributed by atoms with E-state index in [1.807, 2.05) is 7.05 Å². The Morgan fingerprint density at radius 3 is 2.85 bits per heavy atom. The lowest BCUT2D eigenvalue weighted by Gasteiger charge is -2.25. The molecule has 1 aliphatic rings. The molecule has 114 valence electrons. The molecule has 6 heteroatoms. The molecular weight excluding hydrogens is 256 g/mol. The molecule has 1 aromatic rings. The zero-order valence-corrected chi connectivity index (χ0v) is 12.8. The van der Waals surface area contributed by atoms with Crippen LogP contribution in [-0.2, 0) is 16.0 Å². The predicted octanol–water partition coefficient (Wildman–Crippen LogP) is 1.49. The molecule has 0 radical (unpaired) electrons. The van der Waals surface area contributed by atoms with Gasteiger partial charge in [-0.15, -0.1) is 5.10 Å². The molecule has 1 atom stereocenters. The molecule has 0 amide bonds. The Hall–Kier alpha value is -0.980. The lowest BCUT2D eigenvalue weighted by Crippen LogP contribution is -2.22.